The molecule has 2 nitrogen and oxygen atoms in total. The largest absolute Gasteiger partial charge is 0.235 e. The predicted molar refractivity (Wildman–Crippen MR) is 47.6 cm³/mol. The van der Waals surface area contributed by atoms with Gasteiger partial charge in [-0.2, -0.15) is 9.49 Å². The zero-order chi connectivity index (χ0) is 10.8. The number of hydrogen-bond donors (Lipinski definition) is 0. The third kappa shape index (κ3) is 2.01. The standard InChI is InChI=1S/C10H7F3N2/c11-8-2-1-7(9(12)5-8)6-15-10(13)3-4-14-15/h1-5H,6H2. The van der Waals surface area contributed by atoms with Gasteiger partial charge in [0.1, 0.15) is 11.6 Å². The quantitative estimate of drug-likeness (QED) is 0.747. The molecular weight excluding hydrogens is 205 g/mol. The number of benzene rings is 1. The summed E-state index contributed by atoms with van der Waals surface area (Å²) in [7, 11) is 0. The second kappa shape index (κ2) is 3.76. The van der Waals surface area contributed by atoms with Crippen LogP contribution >= 0.6 is 0 Å². The van der Waals surface area contributed by atoms with E-state index in [1.54, 1.807) is 0 Å². The molecule has 0 aliphatic rings. The molecule has 1 aromatic carbocycles. The number of aromatic nitrogens is 2. The molecule has 0 radical (unpaired) electrons. The first-order valence-electron chi connectivity index (χ1n) is 4.28. The number of nitrogens with zero attached hydrogens (tertiary/aromatic N) is 2. The summed E-state index contributed by atoms with van der Waals surface area (Å²) < 4.78 is 39.7. The Morgan fingerprint density at radius 3 is 2.53 bits per heavy atom. The molecule has 15 heavy (non-hydrogen) atoms. The van der Waals surface area contributed by atoms with Crippen LogP contribution < -0.4 is 0 Å². The van der Waals surface area contributed by atoms with Crippen LogP contribution in [0.3, 0.4) is 0 Å². The van der Waals surface area contributed by atoms with Crippen molar-refractivity contribution in [2.75, 3.05) is 0 Å². The van der Waals surface area contributed by atoms with Crippen LogP contribution in [-0.4, -0.2) is 9.78 Å². The molecule has 0 fully saturated rings. The van der Waals surface area contributed by atoms with E-state index in [0.717, 1.165) is 16.8 Å². The van der Waals surface area contributed by atoms with E-state index in [2.05, 4.69) is 5.10 Å². The average molecular weight is 212 g/mol. The Hall–Kier alpha value is -1.78. The van der Waals surface area contributed by atoms with Crippen molar-refractivity contribution in [1.29, 1.82) is 0 Å². The molecule has 5 heteroatoms. The summed E-state index contributed by atoms with van der Waals surface area (Å²) >= 11 is 0. The van der Waals surface area contributed by atoms with Gasteiger partial charge < -0.3 is 0 Å². The highest BCUT2D eigenvalue weighted by atomic mass is 19.1. The Bertz CT molecular complexity index is 479. The van der Waals surface area contributed by atoms with E-state index in [0.29, 0.717) is 0 Å². The van der Waals surface area contributed by atoms with Crippen LogP contribution in [-0.2, 0) is 6.54 Å². The molecule has 0 N–H and O–H groups in total. The number of rotatable bonds is 2. The highest BCUT2D eigenvalue weighted by molar-refractivity contribution is 5.18. The van der Waals surface area contributed by atoms with E-state index in [9.17, 15) is 13.2 Å². The van der Waals surface area contributed by atoms with Crippen molar-refractivity contribution >= 4 is 0 Å². The van der Waals surface area contributed by atoms with Gasteiger partial charge in [-0.05, 0) is 6.07 Å². The Kier molecular flexibility index (Phi) is 2.45. The van der Waals surface area contributed by atoms with Crippen LogP contribution in [0.5, 0.6) is 0 Å². The first kappa shape index (κ1) is 9.76. The molecule has 0 saturated carbocycles. The minimum Gasteiger partial charge on any atom is -0.235 e. The van der Waals surface area contributed by atoms with Crippen molar-refractivity contribution in [1.82, 2.24) is 9.78 Å². The normalized spacial score (nSPS) is 10.6. The van der Waals surface area contributed by atoms with Crippen molar-refractivity contribution < 1.29 is 13.2 Å². The first-order chi connectivity index (χ1) is 7.16. The van der Waals surface area contributed by atoms with Crippen molar-refractivity contribution in [3.05, 3.63) is 53.6 Å². The summed E-state index contributed by atoms with van der Waals surface area (Å²) in [5.74, 6) is -1.92. The summed E-state index contributed by atoms with van der Waals surface area (Å²) in [6.07, 6.45) is 1.27. The van der Waals surface area contributed by atoms with Crippen LogP contribution in [0.2, 0.25) is 0 Å². The topological polar surface area (TPSA) is 17.8 Å². The lowest BCUT2D eigenvalue weighted by atomic mass is 10.2. The van der Waals surface area contributed by atoms with Gasteiger partial charge in [-0.3, -0.25) is 0 Å². The Balaban J connectivity index is 2.29. The molecule has 0 unspecified atom stereocenters. The van der Waals surface area contributed by atoms with Crippen molar-refractivity contribution in [2.24, 2.45) is 0 Å². The minimum atomic E-state index is -0.704. The van der Waals surface area contributed by atoms with Crippen LogP contribution in [0.25, 0.3) is 0 Å². The Morgan fingerprint density at radius 1 is 1.13 bits per heavy atom. The van der Waals surface area contributed by atoms with E-state index in [4.69, 9.17) is 0 Å². The molecule has 2 aromatic rings. The Morgan fingerprint density at radius 2 is 1.93 bits per heavy atom. The molecule has 1 aromatic heterocycles. The van der Waals surface area contributed by atoms with Crippen LogP contribution in [0.15, 0.2) is 30.5 Å². The second-order valence-electron chi connectivity index (χ2n) is 3.05. The van der Waals surface area contributed by atoms with E-state index >= 15 is 0 Å². The van der Waals surface area contributed by atoms with Gasteiger partial charge in [0.05, 0.1) is 12.7 Å². The van der Waals surface area contributed by atoms with E-state index in [1.807, 2.05) is 0 Å². The van der Waals surface area contributed by atoms with Gasteiger partial charge in [0.2, 0.25) is 5.95 Å². The Labute approximate surface area is 84.0 Å². The monoisotopic (exact) mass is 212 g/mol. The maximum absolute atomic E-state index is 13.2. The zero-order valence-corrected chi connectivity index (χ0v) is 7.62. The first-order valence-corrected chi connectivity index (χ1v) is 4.28. The van der Waals surface area contributed by atoms with Gasteiger partial charge in [-0.1, -0.05) is 6.07 Å². The lowest BCUT2D eigenvalue weighted by molar-refractivity contribution is 0.471. The minimum absolute atomic E-state index is 0.0506. The van der Waals surface area contributed by atoms with Gasteiger partial charge in [0, 0.05) is 17.7 Å². The van der Waals surface area contributed by atoms with Gasteiger partial charge in [0.25, 0.3) is 0 Å². The molecule has 0 saturated heterocycles. The lowest BCUT2D eigenvalue weighted by Crippen LogP contribution is -2.06. The molecule has 0 atom stereocenters. The lowest BCUT2D eigenvalue weighted by Gasteiger charge is -2.03. The van der Waals surface area contributed by atoms with Crippen LogP contribution in [0.1, 0.15) is 5.56 Å². The molecule has 0 aliphatic heterocycles. The molecule has 1 heterocycles. The third-order valence-corrected chi connectivity index (χ3v) is 2.00. The highest BCUT2D eigenvalue weighted by Crippen LogP contribution is 2.11. The van der Waals surface area contributed by atoms with E-state index < -0.39 is 17.6 Å². The smallest absolute Gasteiger partial charge is 0.211 e. The maximum Gasteiger partial charge on any atom is 0.211 e. The predicted octanol–water partition coefficient (Wildman–Crippen LogP) is 2.35. The fourth-order valence-corrected chi connectivity index (χ4v) is 1.24. The molecule has 78 valence electrons. The second-order valence-corrected chi connectivity index (χ2v) is 3.05. The molecule has 0 aliphatic carbocycles. The fourth-order valence-electron chi connectivity index (χ4n) is 1.24. The summed E-state index contributed by atoms with van der Waals surface area (Å²) in [6, 6.07) is 4.32. The molecule has 0 bridgehead atoms. The van der Waals surface area contributed by atoms with E-state index in [1.165, 1.54) is 18.3 Å². The highest BCUT2D eigenvalue weighted by Gasteiger charge is 2.07. The molecule has 0 amide bonds. The van der Waals surface area contributed by atoms with Crippen LogP contribution in [0.4, 0.5) is 13.2 Å². The fraction of sp³-hybridized carbons (Fsp3) is 0.100. The summed E-state index contributed by atoms with van der Waals surface area (Å²) in [4.78, 5) is 0. The van der Waals surface area contributed by atoms with Crippen molar-refractivity contribution in [2.45, 2.75) is 6.54 Å². The summed E-state index contributed by atoms with van der Waals surface area (Å²) in [5, 5.41) is 3.66. The number of halogens is 3. The van der Waals surface area contributed by atoms with Crippen LogP contribution in [0, 0.1) is 17.6 Å². The van der Waals surface area contributed by atoms with Gasteiger partial charge in [-0.15, -0.1) is 0 Å². The van der Waals surface area contributed by atoms with Gasteiger partial charge in [-0.25, -0.2) is 13.5 Å². The molecular formula is C10H7F3N2. The SMILES string of the molecule is Fc1ccc(Cn2nccc2F)c(F)c1. The number of hydrogen-bond acceptors (Lipinski definition) is 1. The van der Waals surface area contributed by atoms with Crippen molar-refractivity contribution in [3.8, 4) is 0 Å². The molecule has 0 spiro atoms. The maximum atomic E-state index is 13.2. The summed E-state index contributed by atoms with van der Waals surface area (Å²) in [5.41, 5.74) is 0.194. The molecule has 2 rings (SSSR count). The van der Waals surface area contributed by atoms with E-state index in [-0.39, 0.29) is 12.1 Å². The van der Waals surface area contributed by atoms with Gasteiger partial charge in [0.15, 0.2) is 0 Å². The summed E-state index contributed by atoms with van der Waals surface area (Å²) in [6.45, 7) is -0.0506. The average Bonchev–Trinajstić information content (AvgIpc) is 2.57. The third-order valence-electron chi connectivity index (χ3n) is 2.00. The van der Waals surface area contributed by atoms with Crippen molar-refractivity contribution in [3.63, 3.8) is 0 Å². The van der Waals surface area contributed by atoms with Gasteiger partial charge >= 0.3 is 0 Å². The zero-order valence-electron chi connectivity index (χ0n) is 7.62.